The lowest BCUT2D eigenvalue weighted by atomic mass is 9.75. The Morgan fingerprint density at radius 3 is 2.58 bits per heavy atom. The van der Waals surface area contributed by atoms with Crippen molar-refractivity contribution in [2.45, 2.75) is 18.9 Å². The number of halogens is 1. The highest BCUT2D eigenvalue weighted by Gasteiger charge is 2.46. The Morgan fingerprint density at radius 1 is 1.21 bits per heavy atom. The fraction of sp³-hybridized carbons (Fsp3) is 0.263. The first-order chi connectivity index (χ1) is 11.4. The molecular formula is C19H20IN3O. The molecular weight excluding hydrogens is 413 g/mol. The van der Waals surface area contributed by atoms with E-state index in [1.54, 1.807) is 7.05 Å². The number of benzene rings is 2. The van der Waals surface area contributed by atoms with E-state index in [9.17, 15) is 4.79 Å². The third-order valence-corrected chi connectivity index (χ3v) is 5.36. The van der Waals surface area contributed by atoms with E-state index in [-0.39, 0.29) is 17.8 Å². The Kier molecular flexibility index (Phi) is 4.62. The molecule has 2 N–H and O–H groups in total. The summed E-state index contributed by atoms with van der Waals surface area (Å²) < 4.78 is 1.12. The largest absolute Gasteiger partial charge is 0.369 e. The van der Waals surface area contributed by atoms with E-state index in [1.165, 1.54) is 4.90 Å². The van der Waals surface area contributed by atoms with E-state index in [1.807, 2.05) is 55.5 Å². The Bertz CT molecular complexity index is 790. The zero-order valence-electron chi connectivity index (χ0n) is 13.7. The molecule has 0 saturated heterocycles. The highest BCUT2D eigenvalue weighted by atomic mass is 127. The van der Waals surface area contributed by atoms with Crippen LogP contribution in [0.15, 0.2) is 59.6 Å². The van der Waals surface area contributed by atoms with Crippen molar-refractivity contribution in [2.24, 2.45) is 16.6 Å². The molecule has 0 aliphatic carbocycles. The van der Waals surface area contributed by atoms with Gasteiger partial charge in [0.25, 0.3) is 0 Å². The van der Waals surface area contributed by atoms with Crippen molar-refractivity contribution in [1.29, 1.82) is 0 Å². The van der Waals surface area contributed by atoms with Crippen LogP contribution in [0.2, 0.25) is 0 Å². The second kappa shape index (κ2) is 6.55. The van der Waals surface area contributed by atoms with Gasteiger partial charge in [-0.25, -0.2) is 4.99 Å². The van der Waals surface area contributed by atoms with Crippen LogP contribution in [-0.4, -0.2) is 23.8 Å². The van der Waals surface area contributed by atoms with Gasteiger partial charge in [0.2, 0.25) is 5.91 Å². The van der Waals surface area contributed by atoms with Gasteiger partial charge in [-0.3, -0.25) is 9.69 Å². The van der Waals surface area contributed by atoms with Gasteiger partial charge in [0.15, 0.2) is 5.96 Å². The lowest BCUT2D eigenvalue weighted by Gasteiger charge is -2.40. The SMILES string of the molecule is CN1C(=O)[C@@H](Cc2ccccc2)[C@@](C)(c2cccc(I)c2)N=C1N. The van der Waals surface area contributed by atoms with Gasteiger partial charge in [0.1, 0.15) is 0 Å². The van der Waals surface area contributed by atoms with Crippen LogP contribution in [0.3, 0.4) is 0 Å². The van der Waals surface area contributed by atoms with Gasteiger partial charge in [0, 0.05) is 10.6 Å². The molecule has 2 aromatic carbocycles. The molecule has 0 bridgehead atoms. The Morgan fingerprint density at radius 2 is 1.92 bits per heavy atom. The van der Waals surface area contributed by atoms with Crippen LogP contribution in [0, 0.1) is 9.49 Å². The molecule has 1 aliphatic heterocycles. The molecule has 3 rings (SSSR count). The number of carbonyl (C=O) groups excluding carboxylic acids is 1. The van der Waals surface area contributed by atoms with Gasteiger partial charge >= 0.3 is 0 Å². The van der Waals surface area contributed by atoms with Gasteiger partial charge in [-0.1, -0.05) is 42.5 Å². The van der Waals surface area contributed by atoms with Crippen LogP contribution >= 0.6 is 22.6 Å². The molecule has 1 aliphatic rings. The van der Waals surface area contributed by atoms with Crippen LogP contribution in [0.5, 0.6) is 0 Å². The molecule has 0 unspecified atom stereocenters. The first-order valence-electron chi connectivity index (χ1n) is 7.84. The van der Waals surface area contributed by atoms with Crippen LogP contribution < -0.4 is 5.73 Å². The molecule has 24 heavy (non-hydrogen) atoms. The molecule has 0 aromatic heterocycles. The molecule has 0 saturated carbocycles. The normalized spacial score (nSPS) is 24.0. The number of guanidine groups is 1. The summed E-state index contributed by atoms with van der Waals surface area (Å²) >= 11 is 2.28. The third-order valence-electron chi connectivity index (χ3n) is 4.69. The molecule has 1 heterocycles. The maximum Gasteiger partial charge on any atom is 0.235 e. The van der Waals surface area contributed by atoms with E-state index >= 15 is 0 Å². The van der Waals surface area contributed by atoms with Crippen molar-refractivity contribution in [3.05, 3.63) is 69.3 Å². The fourth-order valence-corrected chi connectivity index (χ4v) is 3.73. The van der Waals surface area contributed by atoms with Gasteiger partial charge < -0.3 is 5.73 Å². The average molecular weight is 433 g/mol. The first kappa shape index (κ1) is 17.0. The van der Waals surface area contributed by atoms with Crippen molar-refractivity contribution in [2.75, 3.05) is 7.05 Å². The molecule has 0 radical (unpaired) electrons. The molecule has 124 valence electrons. The zero-order chi connectivity index (χ0) is 17.3. The van der Waals surface area contributed by atoms with Crippen LogP contribution in [0.1, 0.15) is 18.1 Å². The van der Waals surface area contributed by atoms with Crippen molar-refractivity contribution in [1.82, 2.24) is 4.90 Å². The minimum Gasteiger partial charge on any atom is -0.369 e. The second-order valence-electron chi connectivity index (χ2n) is 6.27. The number of rotatable bonds is 3. The predicted molar refractivity (Wildman–Crippen MR) is 105 cm³/mol. The molecule has 5 heteroatoms. The number of carbonyl (C=O) groups is 1. The van der Waals surface area contributed by atoms with Crippen LogP contribution in [0.25, 0.3) is 0 Å². The van der Waals surface area contributed by atoms with Crippen LogP contribution in [0.4, 0.5) is 0 Å². The summed E-state index contributed by atoms with van der Waals surface area (Å²) in [4.78, 5) is 19.2. The van der Waals surface area contributed by atoms with Gasteiger partial charge in [-0.2, -0.15) is 0 Å². The summed E-state index contributed by atoms with van der Waals surface area (Å²) in [7, 11) is 1.69. The number of hydrogen-bond donors (Lipinski definition) is 1. The molecule has 2 atom stereocenters. The van der Waals surface area contributed by atoms with E-state index in [0.29, 0.717) is 6.42 Å². The summed E-state index contributed by atoms with van der Waals surface area (Å²) in [5, 5.41) is 0. The highest BCUT2D eigenvalue weighted by molar-refractivity contribution is 14.1. The van der Waals surface area contributed by atoms with Crippen molar-refractivity contribution < 1.29 is 4.79 Å². The number of hydrogen-bond acceptors (Lipinski definition) is 3. The Balaban J connectivity index is 2.09. The summed E-state index contributed by atoms with van der Waals surface area (Å²) in [6.45, 7) is 2.00. The van der Waals surface area contributed by atoms with E-state index in [0.717, 1.165) is 14.7 Å². The lowest BCUT2D eigenvalue weighted by Crippen LogP contribution is -2.54. The monoisotopic (exact) mass is 433 g/mol. The van der Waals surface area contributed by atoms with Gasteiger partial charge in [-0.15, -0.1) is 0 Å². The lowest BCUT2D eigenvalue weighted by molar-refractivity contribution is -0.134. The number of amides is 1. The molecule has 0 spiro atoms. The third kappa shape index (κ3) is 3.05. The molecule has 4 nitrogen and oxygen atoms in total. The molecule has 2 aromatic rings. The Hall–Kier alpha value is -1.89. The van der Waals surface area contributed by atoms with E-state index in [4.69, 9.17) is 10.7 Å². The summed E-state index contributed by atoms with van der Waals surface area (Å²) in [5.41, 5.74) is 7.49. The second-order valence-corrected chi connectivity index (χ2v) is 7.51. The van der Waals surface area contributed by atoms with Crippen molar-refractivity contribution in [3.8, 4) is 0 Å². The highest BCUT2D eigenvalue weighted by Crippen LogP contribution is 2.39. The maximum atomic E-state index is 13.0. The van der Waals surface area contributed by atoms with Crippen molar-refractivity contribution >= 4 is 34.5 Å². The number of nitrogens with two attached hydrogens (primary N) is 1. The maximum absolute atomic E-state index is 13.0. The molecule has 0 fully saturated rings. The first-order valence-corrected chi connectivity index (χ1v) is 8.92. The minimum absolute atomic E-state index is 0.00714. The minimum atomic E-state index is -0.676. The van der Waals surface area contributed by atoms with Crippen molar-refractivity contribution in [3.63, 3.8) is 0 Å². The quantitative estimate of drug-likeness (QED) is 0.757. The molecule has 1 amide bonds. The summed E-state index contributed by atoms with van der Waals surface area (Å²) in [6.07, 6.45) is 0.628. The average Bonchev–Trinajstić information content (AvgIpc) is 2.58. The Labute approximate surface area is 155 Å². The van der Waals surface area contributed by atoms with Gasteiger partial charge in [0.05, 0.1) is 11.5 Å². The van der Waals surface area contributed by atoms with Gasteiger partial charge in [-0.05, 0) is 59.2 Å². The van der Waals surface area contributed by atoms with Crippen LogP contribution in [-0.2, 0) is 16.8 Å². The summed E-state index contributed by atoms with van der Waals surface area (Å²) in [5.74, 6) is -0.0196. The van der Waals surface area contributed by atoms with E-state index in [2.05, 4.69) is 28.7 Å². The fourth-order valence-electron chi connectivity index (χ4n) is 3.18. The smallest absolute Gasteiger partial charge is 0.235 e. The predicted octanol–water partition coefficient (Wildman–Crippen LogP) is 3.15. The topological polar surface area (TPSA) is 58.7 Å². The number of nitrogens with zero attached hydrogens (tertiary/aromatic N) is 2. The number of aliphatic imine (C=N–C) groups is 1. The standard InChI is InChI=1S/C19H20IN3O/c1-19(14-9-6-10-15(20)12-14)16(11-13-7-4-3-5-8-13)17(24)23(2)18(21)22-19/h3-10,12,16H,11H2,1-2H3,(H2,21,22)/t16-,19-/m1/s1. The summed E-state index contributed by atoms with van der Waals surface area (Å²) in [6, 6.07) is 18.2. The van der Waals surface area contributed by atoms with E-state index < -0.39 is 5.54 Å². The zero-order valence-corrected chi connectivity index (χ0v) is 15.9.